The van der Waals surface area contributed by atoms with Gasteiger partial charge >= 0.3 is 6.09 Å². The van der Waals surface area contributed by atoms with Gasteiger partial charge in [0.05, 0.1) is 11.8 Å². The summed E-state index contributed by atoms with van der Waals surface area (Å²) in [6.07, 6.45) is 10.1. The third kappa shape index (κ3) is 5.81. The molecule has 0 aliphatic carbocycles. The molecule has 41 heavy (non-hydrogen) atoms. The van der Waals surface area contributed by atoms with E-state index in [2.05, 4.69) is 20.1 Å². The Morgan fingerprint density at radius 3 is 2.76 bits per heavy atom. The molecular formula is C33H40N4O4. The fraction of sp³-hybridized carbons (Fsp3) is 0.485. The van der Waals surface area contributed by atoms with Crippen molar-refractivity contribution < 1.29 is 18.7 Å². The minimum atomic E-state index is -0.410. The van der Waals surface area contributed by atoms with Gasteiger partial charge in [-0.05, 0) is 75.7 Å². The first-order valence-electron chi connectivity index (χ1n) is 15.3. The lowest BCUT2D eigenvalue weighted by molar-refractivity contribution is 0.0353. The third-order valence-corrected chi connectivity index (χ3v) is 9.38. The van der Waals surface area contributed by atoms with E-state index in [4.69, 9.17) is 13.9 Å². The fourth-order valence-electron chi connectivity index (χ4n) is 7.26. The Balaban J connectivity index is 0.911. The van der Waals surface area contributed by atoms with E-state index < -0.39 is 6.09 Å². The van der Waals surface area contributed by atoms with Crippen LogP contribution in [-0.2, 0) is 6.61 Å². The van der Waals surface area contributed by atoms with Crippen molar-refractivity contribution in [3.8, 4) is 11.6 Å². The molecule has 8 heteroatoms. The number of aromatic amines is 1. The van der Waals surface area contributed by atoms with Gasteiger partial charge in [-0.1, -0.05) is 30.7 Å². The average Bonchev–Trinajstić information content (AvgIpc) is 3.61. The van der Waals surface area contributed by atoms with E-state index in [0.717, 1.165) is 71.1 Å². The van der Waals surface area contributed by atoms with Crippen molar-refractivity contribution >= 4 is 28.0 Å². The van der Waals surface area contributed by atoms with Crippen molar-refractivity contribution in [3.63, 3.8) is 0 Å². The maximum atomic E-state index is 12.8. The quantitative estimate of drug-likeness (QED) is 0.278. The summed E-state index contributed by atoms with van der Waals surface area (Å²) in [4.78, 5) is 21.4. The van der Waals surface area contributed by atoms with Crippen LogP contribution < -0.4 is 14.8 Å². The predicted molar refractivity (Wildman–Crippen MR) is 159 cm³/mol. The molecule has 5 heterocycles. The Morgan fingerprint density at radius 1 is 0.951 bits per heavy atom. The molecule has 0 saturated carbocycles. The molecule has 2 atom stereocenters. The maximum Gasteiger partial charge on any atom is 0.414 e. The lowest BCUT2D eigenvalue weighted by atomic mass is 9.83. The Kier molecular flexibility index (Phi) is 7.59. The number of carbonyl (C=O) groups is 1. The molecule has 3 saturated heterocycles. The maximum absolute atomic E-state index is 12.8. The van der Waals surface area contributed by atoms with E-state index in [9.17, 15) is 4.79 Å². The van der Waals surface area contributed by atoms with Crippen molar-refractivity contribution in [1.29, 1.82) is 0 Å². The zero-order chi connectivity index (χ0) is 27.6. The number of benzene rings is 2. The van der Waals surface area contributed by atoms with Gasteiger partial charge in [-0.3, -0.25) is 0 Å². The van der Waals surface area contributed by atoms with Gasteiger partial charge in [0, 0.05) is 54.1 Å². The van der Waals surface area contributed by atoms with Crippen LogP contribution in [0.5, 0.6) is 11.6 Å². The van der Waals surface area contributed by atoms with Gasteiger partial charge in [0.25, 0.3) is 0 Å². The summed E-state index contributed by atoms with van der Waals surface area (Å²) in [5.74, 6) is 1.93. The van der Waals surface area contributed by atoms with E-state index in [1.807, 2.05) is 48.5 Å². The second kappa shape index (κ2) is 11.8. The number of carbonyl (C=O) groups excluding carboxylic acids is 1. The lowest BCUT2D eigenvalue weighted by Gasteiger charge is -2.46. The number of nitrogens with zero attached hydrogens (tertiary/aromatic N) is 2. The number of hydrogen-bond acceptors (Lipinski definition) is 6. The smallest absolute Gasteiger partial charge is 0.414 e. The fourth-order valence-corrected chi connectivity index (χ4v) is 7.26. The number of piperidine rings is 3. The summed E-state index contributed by atoms with van der Waals surface area (Å²) in [6, 6.07) is 16.5. The van der Waals surface area contributed by atoms with Gasteiger partial charge in [0.2, 0.25) is 5.88 Å². The number of hydrogen-bond donors (Lipinski definition) is 2. The van der Waals surface area contributed by atoms with E-state index in [0.29, 0.717) is 12.5 Å². The Labute approximate surface area is 240 Å². The second-order valence-electron chi connectivity index (χ2n) is 12.0. The first-order chi connectivity index (χ1) is 20.2. The standard InChI is InChI=1S/C33H40N4O4/c38-33(34-25-13-17-36(18-14-25)20-23-7-6-16-37-15-4-3-10-29(23)37)41-32-19-27-28(35-32)9-5-12-31(27)40-22-24-21-39-30-11-2-1-8-26(24)30/h1-2,5,8-9,11-12,19,21,23,25,29,35H,3-4,6-7,10,13-18,20,22H2,(H,34,38)/t23-,29+/m0/s1. The molecule has 3 fully saturated rings. The largest absolute Gasteiger partial charge is 0.488 e. The number of furan rings is 1. The van der Waals surface area contributed by atoms with Crippen LogP contribution in [-0.4, -0.2) is 65.7 Å². The molecule has 0 unspecified atom stereocenters. The molecule has 7 rings (SSSR count). The van der Waals surface area contributed by atoms with E-state index in [1.54, 1.807) is 6.26 Å². The number of ether oxygens (including phenoxy) is 2. The molecule has 2 aromatic heterocycles. The minimum absolute atomic E-state index is 0.143. The molecule has 0 bridgehead atoms. The van der Waals surface area contributed by atoms with Gasteiger partial charge in [-0.2, -0.15) is 0 Å². The molecule has 216 valence electrons. The molecule has 2 N–H and O–H groups in total. The van der Waals surface area contributed by atoms with Crippen molar-refractivity contribution in [2.24, 2.45) is 5.92 Å². The third-order valence-electron chi connectivity index (χ3n) is 9.38. The van der Waals surface area contributed by atoms with Gasteiger partial charge in [0.1, 0.15) is 17.9 Å². The van der Waals surface area contributed by atoms with E-state index in [-0.39, 0.29) is 6.04 Å². The number of nitrogens with one attached hydrogen (secondary N) is 2. The summed E-state index contributed by atoms with van der Waals surface area (Å²) in [7, 11) is 0. The van der Waals surface area contributed by atoms with Crippen LogP contribution in [0.15, 0.2) is 59.2 Å². The van der Waals surface area contributed by atoms with E-state index >= 15 is 0 Å². The summed E-state index contributed by atoms with van der Waals surface area (Å²) >= 11 is 0. The van der Waals surface area contributed by atoms with Gasteiger partial charge in [-0.25, -0.2) is 4.79 Å². The molecule has 0 radical (unpaired) electrons. The topological polar surface area (TPSA) is 83.0 Å². The van der Waals surface area contributed by atoms with Crippen molar-refractivity contribution in [1.82, 2.24) is 20.1 Å². The van der Waals surface area contributed by atoms with Gasteiger partial charge in [0.15, 0.2) is 0 Å². The first kappa shape index (κ1) is 26.4. The Morgan fingerprint density at radius 2 is 1.83 bits per heavy atom. The monoisotopic (exact) mass is 556 g/mol. The highest BCUT2D eigenvalue weighted by molar-refractivity contribution is 5.88. The van der Waals surface area contributed by atoms with Crippen LogP contribution in [0.4, 0.5) is 4.79 Å². The normalized spacial score (nSPS) is 22.5. The number of aromatic nitrogens is 1. The summed E-state index contributed by atoms with van der Waals surface area (Å²) in [6.45, 7) is 6.25. The van der Waals surface area contributed by atoms with Crippen LogP contribution >= 0.6 is 0 Å². The second-order valence-corrected chi connectivity index (χ2v) is 12.0. The molecule has 0 spiro atoms. The lowest BCUT2D eigenvalue weighted by Crippen LogP contribution is -2.52. The number of amides is 1. The number of likely N-dealkylation sites (tertiary alicyclic amines) is 1. The molecule has 4 aromatic rings. The highest BCUT2D eigenvalue weighted by Gasteiger charge is 2.34. The summed E-state index contributed by atoms with van der Waals surface area (Å²) < 4.78 is 17.5. The molecule has 2 aromatic carbocycles. The molecule has 1 amide bonds. The zero-order valence-electron chi connectivity index (χ0n) is 23.6. The average molecular weight is 557 g/mol. The summed E-state index contributed by atoms with van der Waals surface area (Å²) in [5.41, 5.74) is 2.69. The number of H-pyrrole nitrogens is 1. The van der Waals surface area contributed by atoms with Crippen molar-refractivity contribution in [2.75, 3.05) is 32.7 Å². The number of fused-ring (bicyclic) bond motifs is 3. The van der Waals surface area contributed by atoms with Crippen molar-refractivity contribution in [3.05, 3.63) is 60.4 Å². The molecule has 8 nitrogen and oxygen atoms in total. The summed E-state index contributed by atoms with van der Waals surface area (Å²) in [5, 5.41) is 5.02. The highest BCUT2D eigenvalue weighted by Crippen LogP contribution is 2.33. The van der Waals surface area contributed by atoms with Crippen LogP contribution in [0, 0.1) is 5.92 Å². The molecular weight excluding hydrogens is 516 g/mol. The highest BCUT2D eigenvalue weighted by atomic mass is 16.6. The Bertz CT molecular complexity index is 1480. The van der Waals surface area contributed by atoms with Gasteiger partial charge < -0.3 is 34.0 Å². The number of para-hydroxylation sites is 1. The zero-order valence-corrected chi connectivity index (χ0v) is 23.6. The van der Waals surface area contributed by atoms with Crippen LogP contribution in [0.25, 0.3) is 21.9 Å². The van der Waals surface area contributed by atoms with Gasteiger partial charge in [-0.15, -0.1) is 0 Å². The first-order valence-corrected chi connectivity index (χ1v) is 15.3. The van der Waals surface area contributed by atoms with E-state index in [1.165, 1.54) is 51.7 Å². The van der Waals surface area contributed by atoms with Crippen LogP contribution in [0.1, 0.15) is 50.5 Å². The predicted octanol–water partition coefficient (Wildman–Crippen LogP) is 6.31. The van der Waals surface area contributed by atoms with Crippen LogP contribution in [0.3, 0.4) is 0 Å². The molecule has 3 aliphatic heterocycles. The minimum Gasteiger partial charge on any atom is -0.488 e. The van der Waals surface area contributed by atoms with Crippen molar-refractivity contribution in [2.45, 2.75) is 63.6 Å². The van der Waals surface area contributed by atoms with Crippen LogP contribution in [0.2, 0.25) is 0 Å². The number of rotatable bonds is 7. The SMILES string of the molecule is O=C(NC1CCN(C[C@@H]2CCCN3CCCC[C@H]23)CC1)Oc1cc2c(OCc3coc4ccccc34)cccc2[nH]1. The Hall–Kier alpha value is -3.49. The molecule has 3 aliphatic rings.